The summed E-state index contributed by atoms with van der Waals surface area (Å²) < 4.78 is 16.5. The highest BCUT2D eigenvalue weighted by atomic mass is 28.3. The van der Waals surface area contributed by atoms with Crippen molar-refractivity contribution in [2.75, 3.05) is 4.90 Å². The topological polar surface area (TPSA) is 8.17 Å². The lowest BCUT2D eigenvalue weighted by Crippen LogP contribution is -2.74. The van der Waals surface area contributed by atoms with Gasteiger partial charge in [0, 0.05) is 33.5 Å². The predicted octanol–water partition coefficient (Wildman–Crippen LogP) is 9.77. The molecule has 8 aromatic carbocycles. The Morgan fingerprint density at radius 3 is 1.27 bits per heavy atom. The van der Waals surface area contributed by atoms with Crippen molar-refractivity contribution in [3.8, 4) is 5.69 Å². The number of para-hydroxylation sites is 2. The molecule has 0 atom stereocenters. The Hall–Kier alpha value is -6.49. The van der Waals surface area contributed by atoms with E-state index in [1.807, 2.05) is 12.1 Å². The van der Waals surface area contributed by atoms with Gasteiger partial charge in [0.15, 0.2) is 8.07 Å². The first-order valence-electron chi connectivity index (χ1n) is 17.6. The zero-order valence-corrected chi connectivity index (χ0v) is 29.5. The Bertz CT molecular complexity index is 2470. The van der Waals surface area contributed by atoms with Gasteiger partial charge in [0.05, 0.1) is 11.0 Å². The minimum atomic E-state index is -2.79. The van der Waals surface area contributed by atoms with Crippen LogP contribution < -0.4 is 25.6 Å². The number of anilines is 3. The van der Waals surface area contributed by atoms with Gasteiger partial charge in [-0.25, -0.2) is 4.39 Å². The van der Waals surface area contributed by atoms with E-state index in [0.717, 1.165) is 44.6 Å². The van der Waals surface area contributed by atoms with Crippen molar-refractivity contribution in [2.45, 2.75) is 0 Å². The highest BCUT2D eigenvalue weighted by Crippen LogP contribution is 2.39. The Labute approximate surface area is 304 Å². The summed E-state index contributed by atoms with van der Waals surface area (Å²) in [5.41, 5.74) is 6.29. The molecule has 0 fully saturated rings. The zero-order valence-electron chi connectivity index (χ0n) is 28.5. The lowest BCUT2D eigenvalue weighted by molar-refractivity contribution is 0.627. The summed E-state index contributed by atoms with van der Waals surface area (Å²) in [5, 5.41) is 7.57. The third-order valence-corrected chi connectivity index (χ3v) is 14.9. The second-order valence-corrected chi connectivity index (χ2v) is 16.9. The maximum absolute atomic E-state index is 14.3. The lowest BCUT2D eigenvalue weighted by atomic mass is 10.1. The first-order chi connectivity index (χ1) is 25.7. The number of nitrogens with zero attached hydrogens (tertiary/aromatic N) is 2. The number of benzene rings is 8. The number of aromatic nitrogens is 1. The highest BCUT2D eigenvalue weighted by Gasteiger charge is 2.41. The quantitative estimate of drug-likeness (QED) is 0.114. The van der Waals surface area contributed by atoms with E-state index in [0.29, 0.717) is 0 Å². The Kier molecular flexibility index (Phi) is 8.07. The van der Waals surface area contributed by atoms with Crippen LogP contribution in [-0.4, -0.2) is 12.6 Å². The molecule has 0 aliphatic rings. The third kappa shape index (κ3) is 5.32. The lowest BCUT2D eigenvalue weighted by Gasteiger charge is -2.34. The van der Waals surface area contributed by atoms with Crippen LogP contribution in [-0.2, 0) is 0 Å². The summed E-state index contributed by atoms with van der Waals surface area (Å²) in [5.74, 6) is -0.250. The molecular formula is C48H35FN2Si. The molecule has 0 unspecified atom stereocenters. The molecule has 0 amide bonds. The Morgan fingerprint density at radius 2 is 0.788 bits per heavy atom. The standard InChI is InChI=1S/C48H35FN2Si/c49-36-26-28-39(29-27-36)51-47-32-30-40(50(37-16-6-1-7-17-37)38-18-8-2-9-19-38)34-45(47)46-35-44(31-33-48(46)51)52(41-20-10-3-11-21-41,42-22-12-4-13-23-42)43-24-14-5-15-25-43/h1-35H. The van der Waals surface area contributed by atoms with Crippen molar-refractivity contribution in [3.63, 3.8) is 0 Å². The van der Waals surface area contributed by atoms with Gasteiger partial charge in [0.2, 0.25) is 0 Å². The van der Waals surface area contributed by atoms with Crippen molar-refractivity contribution in [2.24, 2.45) is 0 Å². The van der Waals surface area contributed by atoms with Gasteiger partial charge in [0.1, 0.15) is 5.82 Å². The van der Waals surface area contributed by atoms with Gasteiger partial charge in [-0.3, -0.25) is 0 Å². The Balaban J connectivity index is 1.37. The molecule has 2 nitrogen and oxygen atoms in total. The molecule has 0 radical (unpaired) electrons. The van der Waals surface area contributed by atoms with Crippen molar-refractivity contribution in [1.29, 1.82) is 0 Å². The second kappa shape index (κ2) is 13.3. The van der Waals surface area contributed by atoms with E-state index >= 15 is 0 Å². The molecule has 0 saturated carbocycles. The van der Waals surface area contributed by atoms with Gasteiger partial charge in [0.25, 0.3) is 0 Å². The predicted molar refractivity (Wildman–Crippen MR) is 219 cm³/mol. The number of rotatable bonds is 8. The van der Waals surface area contributed by atoms with Crippen molar-refractivity contribution >= 4 is 67.7 Å². The average Bonchev–Trinajstić information content (AvgIpc) is 3.54. The van der Waals surface area contributed by atoms with Crippen LogP contribution in [0.15, 0.2) is 212 Å². The van der Waals surface area contributed by atoms with Crippen LogP contribution in [0.25, 0.3) is 27.5 Å². The number of halogens is 1. The summed E-state index contributed by atoms with van der Waals surface area (Å²) in [7, 11) is -2.79. The minimum absolute atomic E-state index is 0.250. The fraction of sp³-hybridized carbons (Fsp3) is 0. The van der Waals surface area contributed by atoms with Gasteiger partial charge >= 0.3 is 0 Å². The summed E-state index contributed by atoms with van der Waals surface area (Å²) in [6.45, 7) is 0. The molecule has 0 aliphatic heterocycles. The molecule has 0 aliphatic carbocycles. The smallest absolute Gasteiger partial charge is 0.179 e. The van der Waals surface area contributed by atoms with Crippen molar-refractivity contribution in [3.05, 3.63) is 218 Å². The van der Waals surface area contributed by atoms with Crippen LogP contribution in [0.2, 0.25) is 0 Å². The molecule has 4 heteroatoms. The van der Waals surface area contributed by atoms with E-state index in [-0.39, 0.29) is 5.82 Å². The van der Waals surface area contributed by atoms with Crippen LogP contribution in [0.3, 0.4) is 0 Å². The molecule has 0 N–H and O–H groups in total. The number of hydrogen-bond donors (Lipinski definition) is 0. The van der Waals surface area contributed by atoms with E-state index in [2.05, 4.69) is 198 Å². The maximum atomic E-state index is 14.3. The van der Waals surface area contributed by atoms with Gasteiger partial charge < -0.3 is 9.47 Å². The molecule has 9 aromatic rings. The van der Waals surface area contributed by atoms with E-state index in [4.69, 9.17) is 0 Å². The summed E-state index contributed by atoms with van der Waals surface area (Å²) in [6.07, 6.45) is 0. The molecule has 52 heavy (non-hydrogen) atoms. The summed E-state index contributed by atoms with van der Waals surface area (Å²) in [4.78, 5) is 2.31. The van der Waals surface area contributed by atoms with Gasteiger partial charge in [-0.15, -0.1) is 0 Å². The van der Waals surface area contributed by atoms with Gasteiger partial charge in [-0.1, -0.05) is 140 Å². The van der Waals surface area contributed by atoms with E-state index in [1.165, 1.54) is 20.7 Å². The van der Waals surface area contributed by atoms with Crippen LogP contribution in [0.4, 0.5) is 21.5 Å². The van der Waals surface area contributed by atoms with Crippen LogP contribution >= 0.6 is 0 Å². The molecule has 1 heterocycles. The normalized spacial score (nSPS) is 11.6. The van der Waals surface area contributed by atoms with E-state index in [9.17, 15) is 4.39 Å². The van der Waals surface area contributed by atoms with E-state index in [1.54, 1.807) is 12.1 Å². The van der Waals surface area contributed by atoms with Gasteiger partial charge in [-0.2, -0.15) is 0 Å². The third-order valence-electron chi connectivity index (χ3n) is 10.2. The van der Waals surface area contributed by atoms with Crippen LogP contribution in [0.1, 0.15) is 0 Å². The van der Waals surface area contributed by atoms with Crippen LogP contribution in [0, 0.1) is 5.82 Å². The fourth-order valence-electron chi connectivity index (χ4n) is 7.92. The summed E-state index contributed by atoms with van der Waals surface area (Å²) >= 11 is 0. The molecule has 0 spiro atoms. The molecule has 0 bridgehead atoms. The van der Waals surface area contributed by atoms with E-state index < -0.39 is 8.07 Å². The van der Waals surface area contributed by atoms with Crippen LogP contribution in [0.5, 0.6) is 0 Å². The molecular weight excluding hydrogens is 652 g/mol. The minimum Gasteiger partial charge on any atom is -0.310 e. The first kappa shape index (κ1) is 31.5. The highest BCUT2D eigenvalue weighted by molar-refractivity contribution is 7.20. The fourth-order valence-corrected chi connectivity index (χ4v) is 12.7. The largest absolute Gasteiger partial charge is 0.310 e. The molecule has 1 aromatic heterocycles. The van der Waals surface area contributed by atoms with Crippen molar-refractivity contribution in [1.82, 2.24) is 4.57 Å². The second-order valence-electron chi connectivity index (χ2n) is 13.1. The SMILES string of the molecule is Fc1ccc(-n2c3ccc(N(c4ccccc4)c4ccccc4)cc3c3cc([Si](c4ccccc4)(c4ccccc4)c4ccccc4)ccc32)cc1. The Morgan fingerprint density at radius 1 is 0.365 bits per heavy atom. The number of fused-ring (bicyclic) bond motifs is 3. The molecule has 9 rings (SSSR count). The first-order valence-corrected chi connectivity index (χ1v) is 19.6. The number of hydrogen-bond acceptors (Lipinski definition) is 1. The summed E-state index contributed by atoms with van der Waals surface area (Å²) in [6, 6.07) is 74.7. The molecule has 0 saturated heterocycles. The van der Waals surface area contributed by atoms with Gasteiger partial charge in [-0.05, 0) is 93.5 Å². The maximum Gasteiger partial charge on any atom is 0.179 e. The average molecular weight is 687 g/mol. The zero-order chi connectivity index (χ0) is 34.9. The molecule has 248 valence electrons. The monoisotopic (exact) mass is 686 g/mol. The van der Waals surface area contributed by atoms with Crippen molar-refractivity contribution < 1.29 is 4.39 Å².